The fraction of sp³-hybridized carbons (Fsp3) is 0.368. The molecule has 1 heterocycles. The fourth-order valence-electron chi connectivity index (χ4n) is 7.04. The Morgan fingerprint density at radius 2 is 1.37 bits per heavy atom. The maximum atomic E-state index is 14.2. The number of hydrogen-bond acceptors (Lipinski definition) is 2. The normalized spacial score (nSPS) is 17.1. The molecule has 0 radical (unpaired) electrons. The van der Waals surface area contributed by atoms with Crippen LogP contribution >= 0.6 is 0 Å². The van der Waals surface area contributed by atoms with Crippen LogP contribution in [-0.4, -0.2) is 15.3 Å². The Hall–Kier alpha value is -3.72. The number of carbonyl (C=O) groups excluding carboxylic acids is 1. The van der Waals surface area contributed by atoms with E-state index < -0.39 is 5.54 Å². The second-order valence-electron chi connectivity index (χ2n) is 12.1. The van der Waals surface area contributed by atoms with Gasteiger partial charge in [-0.3, -0.25) is 4.79 Å². The molecule has 1 atom stereocenters. The molecule has 0 spiro atoms. The second-order valence-corrected chi connectivity index (χ2v) is 12.1. The molecule has 0 amide bonds. The van der Waals surface area contributed by atoms with E-state index in [1.807, 2.05) is 24.4 Å². The van der Waals surface area contributed by atoms with Gasteiger partial charge in [-0.2, -0.15) is 0 Å². The van der Waals surface area contributed by atoms with Crippen LogP contribution in [0.3, 0.4) is 0 Å². The fourth-order valence-corrected chi connectivity index (χ4v) is 7.04. The summed E-state index contributed by atoms with van der Waals surface area (Å²) in [7, 11) is 0. The van der Waals surface area contributed by atoms with E-state index in [9.17, 15) is 4.79 Å². The highest BCUT2D eigenvalue weighted by Crippen LogP contribution is 2.43. The maximum absolute atomic E-state index is 14.2. The van der Waals surface area contributed by atoms with Crippen LogP contribution in [0.15, 0.2) is 116 Å². The second kappa shape index (κ2) is 12.9. The van der Waals surface area contributed by atoms with Crippen molar-refractivity contribution in [3.05, 3.63) is 138 Å². The standard InChI is InChI=1S/C38H42N2O/c41-36(29-32(31-25-26-31)18-14-13-17-30-15-5-1-6-16-30)37-39-27-28-40(37)38(33-19-7-2-8-20-33,34-21-9-3-10-22-34)35-23-11-4-12-24-35/h2-4,7-12,14,18-24,27-28,30-32H,1,5-6,13,15-17,25-26,29H2/t32-/m1/s1. The van der Waals surface area contributed by atoms with Crippen molar-refractivity contribution in [3.63, 3.8) is 0 Å². The minimum Gasteiger partial charge on any atom is -0.310 e. The smallest absolute Gasteiger partial charge is 0.198 e. The summed E-state index contributed by atoms with van der Waals surface area (Å²) in [5.74, 6) is 2.46. The predicted octanol–water partition coefficient (Wildman–Crippen LogP) is 9.24. The Bertz CT molecular complexity index is 1320. The zero-order valence-electron chi connectivity index (χ0n) is 24.1. The first-order valence-electron chi connectivity index (χ1n) is 15.7. The summed E-state index contributed by atoms with van der Waals surface area (Å²) >= 11 is 0. The third-order valence-corrected chi connectivity index (χ3v) is 9.32. The van der Waals surface area contributed by atoms with Crippen LogP contribution in [0.5, 0.6) is 0 Å². The molecule has 2 fully saturated rings. The minimum atomic E-state index is -0.726. The van der Waals surface area contributed by atoms with Crippen molar-refractivity contribution in [1.82, 2.24) is 9.55 Å². The highest BCUT2D eigenvalue weighted by atomic mass is 16.1. The van der Waals surface area contributed by atoms with Gasteiger partial charge in [-0.25, -0.2) is 4.98 Å². The third kappa shape index (κ3) is 6.00. The number of nitrogens with zero attached hydrogens (tertiary/aromatic N) is 2. The lowest BCUT2D eigenvalue weighted by molar-refractivity contribution is 0.0948. The predicted molar refractivity (Wildman–Crippen MR) is 167 cm³/mol. The van der Waals surface area contributed by atoms with Crippen LogP contribution in [0, 0.1) is 17.8 Å². The van der Waals surface area contributed by atoms with Crippen molar-refractivity contribution < 1.29 is 4.79 Å². The van der Waals surface area contributed by atoms with Crippen molar-refractivity contribution in [2.45, 2.75) is 69.7 Å². The molecule has 41 heavy (non-hydrogen) atoms. The first-order valence-corrected chi connectivity index (χ1v) is 15.7. The molecule has 2 aliphatic rings. The highest BCUT2D eigenvalue weighted by molar-refractivity contribution is 5.93. The van der Waals surface area contributed by atoms with Gasteiger partial charge in [0, 0.05) is 18.8 Å². The molecule has 0 unspecified atom stereocenters. The van der Waals surface area contributed by atoms with Crippen LogP contribution < -0.4 is 0 Å². The summed E-state index contributed by atoms with van der Waals surface area (Å²) < 4.78 is 2.13. The van der Waals surface area contributed by atoms with Crippen molar-refractivity contribution in [1.29, 1.82) is 0 Å². The Labute approximate surface area is 245 Å². The summed E-state index contributed by atoms with van der Waals surface area (Å²) in [4.78, 5) is 18.9. The van der Waals surface area contributed by atoms with Gasteiger partial charge in [0.05, 0.1) is 0 Å². The van der Waals surface area contributed by atoms with E-state index >= 15 is 0 Å². The van der Waals surface area contributed by atoms with E-state index in [1.165, 1.54) is 51.4 Å². The number of hydrogen-bond donors (Lipinski definition) is 0. The molecule has 2 aliphatic carbocycles. The Kier molecular flexibility index (Phi) is 8.60. The zero-order chi connectivity index (χ0) is 27.9. The molecular formula is C38H42N2O. The number of aromatic nitrogens is 2. The van der Waals surface area contributed by atoms with Crippen molar-refractivity contribution in [2.24, 2.45) is 17.8 Å². The summed E-state index contributed by atoms with van der Waals surface area (Å²) in [5, 5.41) is 0. The molecule has 210 valence electrons. The summed E-state index contributed by atoms with van der Waals surface area (Å²) in [6.07, 6.45) is 20.9. The average molecular weight is 543 g/mol. The molecule has 3 aromatic carbocycles. The van der Waals surface area contributed by atoms with Gasteiger partial charge in [-0.15, -0.1) is 0 Å². The average Bonchev–Trinajstić information content (AvgIpc) is 3.77. The van der Waals surface area contributed by atoms with Gasteiger partial charge in [0.2, 0.25) is 0 Å². The van der Waals surface area contributed by atoms with Gasteiger partial charge in [0.1, 0.15) is 5.54 Å². The van der Waals surface area contributed by atoms with Crippen LogP contribution in [0.2, 0.25) is 0 Å². The number of carbonyl (C=O) groups is 1. The van der Waals surface area contributed by atoms with Crippen LogP contribution in [0.1, 0.15) is 91.5 Å². The summed E-state index contributed by atoms with van der Waals surface area (Å²) in [6, 6.07) is 31.6. The topological polar surface area (TPSA) is 34.9 Å². The molecule has 0 aliphatic heterocycles. The Balaban J connectivity index is 1.33. The molecule has 1 aromatic heterocycles. The number of imidazole rings is 1. The Morgan fingerprint density at radius 3 is 1.90 bits per heavy atom. The van der Waals surface area contributed by atoms with Crippen LogP contribution in [-0.2, 0) is 5.54 Å². The monoisotopic (exact) mass is 542 g/mol. The van der Waals surface area contributed by atoms with Gasteiger partial charge in [0.25, 0.3) is 0 Å². The largest absolute Gasteiger partial charge is 0.310 e. The van der Waals surface area contributed by atoms with E-state index in [2.05, 4.69) is 89.5 Å². The number of rotatable bonds is 12. The Morgan fingerprint density at radius 1 is 0.805 bits per heavy atom. The van der Waals surface area contributed by atoms with Gasteiger partial charge in [-0.1, -0.05) is 135 Å². The van der Waals surface area contributed by atoms with Crippen LogP contribution in [0.4, 0.5) is 0 Å². The maximum Gasteiger partial charge on any atom is 0.198 e. The highest BCUT2D eigenvalue weighted by Gasteiger charge is 2.41. The van der Waals surface area contributed by atoms with E-state index in [-0.39, 0.29) is 5.78 Å². The number of benzene rings is 3. The molecule has 0 bridgehead atoms. The van der Waals surface area contributed by atoms with Crippen molar-refractivity contribution in [2.75, 3.05) is 0 Å². The third-order valence-electron chi connectivity index (χ3n) is 9.32. The summed E-state index contributed by atoms with van der Waals surface area (Å²) in [6.45, 7) is 0. The van der Waals surface area contributed by atoms with Gasteiger partial charge in [-0.05, 0) is 60.1 Å². The molecule has 4 aromatic rings. The van der Waals surface area contributed by atoms with Crippen LogP contribution in [0.25, 0.3) is 0 Å². The van der Waals surface area contributed by atoms with Gasteiger partial charge >= 0.3 is 0 Å². The lowest BCUT2D eigenvalue weighted by Gasteiger charge is -2.38. The lowest BCUT2D eigenvalue weighted by Crippen LogP contribution is -2.39. The van der Waals surface area contributed by atoms with E-state index in [0.717, 1.165) is 29.0 Å². The van der Waals surface area contributed by atoms with E-state index in [1.54, 1.807) is 6.20 Å². The van der Waals surface area contributed by atoms with Gasteiger partial charge < -0.3 is 4.57 Å². The van der Waals surface area contributed by atoms with Crippen molar-refractivity contribution >= 4 is 5.78 Å². The molecule has 2 saturated carbocycles. The van der Waals surface area contributed by atoms with E-state index in [4.69, 9.17) is 4.98 Å². The minimum absolute atomic E-state index is 0.121. The molecular weight excluding hydrogens is 500 g/mol. The number of ketones is 1. The summed E-state index contributed by atoms with van der Waals surface area (Å²) in [5.41, 5.74) is 2.58. The molecule has 0 saturated heterocycles. The SMILES string of the molecule is O=C(C[C@@H](C=CCCC1CCCCC1)C1CC1)c1nccn1C(c1ccccc1)(c1ccccc1)c1ccccc1. The lowest BCUT2D eigenvalue weighted by atomic mass is 9.76. The first-order chi connectivity index (χ1) is 20.3. The van der Waals surface area contributed by atoms with Crippen molar-refractivity contribution in [3.8, 4) is 0 Å². The molecule has 3 heteroatoms. The van der Waals surface area contributed by atoms with Gasteiger partial charge in [0.15, 0.2) is 11.6 Å². The van der Waals surface area contributed by atoms with E-state index in [0.29, 0.717) is 24.1 Å². The first kappa shape index (κ1) is 27.4. The zero-order valence-corrected chi connectivity index (χ0v) is 24.1. The quantitative estimate of drug-likeness (QED) is 0.102. The molecule has 3 nitrogen and oxygen atoms in total. The molecule has 6 rings (SSSR count). The number of Topliss-reactive ketones (excluding diaryl/α,β-unsaturated/α-hetero) is 1. The number of allylic oxidation sites excluding steroid dienone is 2. The molecule has 0 N–H and O–H groups in total.